The summed E-state index contributed by atoms with van der Waals surface area (Å²) in [5.74, 6) is 0.154. The number of nitrogens with one attached hydrogen (secondary N) is 2. The van der Waals surface area contributed by atoms with Gasteiger partial charge in [-0.3, -0.25) is 4.98 Å². The van der Waals surface area contributed by atoms with Gasteiger partial charge in [-0.1, -0.05) is 19.4 Å². The van der Waals surface area contributed by atoms with Crippen LogP contribution in [0.4, 0.5) is 0 Å². The molecule has 0 spiro atoms. The summed E-state index contributed by atoms with van der Waals surface area (Å²) in [6, 6.07) is 3.94. The highest BCUT2D eigenvalue weighted by atomic mass is 32.2. The maximum absolute atomic E-state index is 12.1. The topological polar surface area (TPSA) is 71.1 Å². The Hall–Kier alpha value is -0.980. The predicted molar refractivity (Wildman–Crippen MR) is 79.9 cm³/mol. The average Bonchev–Trinajstić information content (AvgIpc) is 2.46. The Morgan fingerprint density at radius 3 is 3.00 bits per heavy atom. The number of hydrogen-bond donors (Lipinski definition) is 2. The zero-order chi connectivity index (χ0) is 14.4. The highest BCUT2D eigenvalue weighted by Gasteiger charge is 2.20. The summed E-state index contributed by atoms with van der Waals surface area (Å²) < 4.78 is 26.9. The lowest BCUT2D eigenvalue weighted by Gasteiger charge is -2.23. The third-order valence-corrected chi connectivity index (χ3v) is 5.08. The summed E-state index contributed by atoms with van der Waals surface area (Å²) in [6.45, 7) is 3.24. The van der Waals surface area contributed by atoms with Gasteiger partial charge in [-0.2, -0.15) is 0 Å². The van der Waals surface area contributed by atoms with Crippen LogP contribution in [0.2, 0.25) is 0 Å². The van der Waals surface area contributed by atoms with Gasteiger partial charge in [-0.05, 0) is 37.4 Å². The van der Waals surface area contributed by atoms with Crippen molar-refractivity contribution in [3.05, 3.63) is 29.6 Å². The normalized spacial score (nSPS) is 19.9. The molecular formula is C14H23N3O2S. The lowest BCUT2D eigenvalue weighted by Crippen LogP contribution is -2.42. The van der Waals surface area contributed by atoms with E-state index in [1.807, 2.05) is 19.1 Å². The summed E-state index contributed by atoms with van der Waals surface area (Å²) in [4.78, 5) is 4.26. The van der Waals surface area contributed by atoms with Gasteiger partial charge in [0.15, 0.2) is 0 Å². The summed E-state index contributed by atoms with van der Waals surface area (Å²) >= 11 is 0. The Morgan fingerprint density at radius 1 is 1.45 bits per heavy atom. The van der Waals surface area contributed by atoms with Gasteiger partial charge in [0, 0.05) is 12.2 Å². The maximum Gasteiger partial charge on any atom is 0.213 e. The maximum atomic E-state index is 12.1. The molecule has 1 aliphatic rings. The molecule has 1 atom stereocenters. The number of aryl methyl sites for hydroxylation is 1. The van der Waals surface area contributed by atoms with E-state index in [-0.39, 0.29) is 18.3 Å². The lowest BCUT2D eigenvalue weighted by atomic mass is 10.1. The van der Waals surface area contributed by atoms with E-state index in [0.717, 1.165) is 43.5 Å². The molecule has 1 unspecified atom stereocenters. The minimum absolute atomic E-state index is 0.0793. The Kier molecular flexibility index (Phi) is 5.51. The molecular weight excluding hydrogens is 274 g/mol. The first kappa shape index (κ1) is 15.4. The molecule has 5 nitrogen and oxygen atoms in total. The second-order valence-electron chi connectivity index (χ2n) is 5.21. The van der Waals surface area contributed by atoms with Crippen LogP contribution in [0.15, 0.2) is 18.3 Å². The van der Waals surface area contributed by atoms with Crippen molar-refractivity contribution >= 4 is 10.0 Å². The first-order chi connectivity index (χ1) is 9.61. The highest BCUT2D eigenvalue weighted by Crippen LogP contribution is 2.10. The second kappa shape index (κ2) is 7.15. The van der Waals surface area contributed by atoms with Gasteiger partial charge in [0.1, 0.15) is 0 Å². The summed E-state index contributed by atoms with van der Waals surface area (Å²) in [5.41, 5.74) is 1.90. The van der Waals surface area contributed by atoms with Crippen LogP contribution in [-0.2, 0) is 23.0 Å². The van der Waals surface area contributed by atoms with E-state index in [1.165, 1.54) is 0 Å². The van der Waals surface area contributed by atoms with Gasteiger partial charge < -0.3 is 5.32 Å². The fourth-order valence-electron chi connectivity index (χ4n) is 2.52. The molecule has 20 heavy (non-hydrogen) atoms. The quantitative estimate of drug-likeness (QED) is 0.828. The van der Waals surface area contributed by atoms with Gasteiger partial charge in [0.2, 0.25) is 10.0 Å². The van der Waals surface area contributed by atoms with Crippen LogP contribution < -0.4 is 10.0 Å². The molecule has 1 aliphatic heterocycles. The third kappa shape index (κ3) is 4.54. The van der Waals surface area contributed by atoms with Crippen LogP contribution in [0.3, 0.4) is 0 Å². The predicted octanol–water partition coefficient (Wildman–Crippen LogP) is 1.21. The molecule has 1 fully saturated rings. The van der Waals surface area contributed by atoms with Crippen molar-refractivity contribution in [2.75, 3.05) is 12.3 Å². The number of nitrogens with zero attached hydrogens (tertiary/aromatic N) is 1. The monoisotopic (exact) mass is 297 g/mol. The van der Waals surface area contributed by atoms with Crippen molar-refractivity contribution in [2.24, 2.45) is 0 Å². The average molecular weight is 297 g/mol. The molecule has 0 aliphatic carbocycles. The van der Waals surface area contributed by atoms with Gasteiger partial charge >= 0.3 is 0 Å². The third-order valence-electron chi connectivity index (χ3n) is 3.66. The molecule has 2 N–H and O–H groups in total. The van der Waals surface area contributed by atoms with Crippen LogP contribution >= 0.6 is 0 Å². The fourth-order valence-corrected chi connectivity index (χ4v) is 3.81. The van der Waals surface area contributed by atoms with Crippen LogP contribution in [-0.4, -0.2) is 31.7 Å². The molecule has 0 aromatic carbocycles. The van der Waals surface area contributed by atoms with Crippen LogP contribution in [0.25, 0.3) is 0 Å². The molecule has 2 rings (SSSR count). The van der Waals surface area contributed by atoms with Gasteiger partial charge in [0.05, 0.1) is 18.0 Å². The van der Waals surface area contributed by atoms with Crippen molar-refractivity contribution in [1.82, 2.24) is 15.0 Å². The van der Waals surface area contributed by atoms with E-state index in [0.29, 0.717) is 0 Å². The summed E-state index contributed by atoms with van der Waals surface area (Å²) in [5, 5.41) is 3.26. The number of aromatic nitrogens is 1. The molecule has 0 radical (unpaired) electrons. The Bertz CT molecular complexity index is 525. The first-order valence-electron chi connectivity index (χ1n) is 7.24. The first-order valence-corrected chi connectivity index (χ1v) is 8.89. The van der Waals surface area contributed by atoms with Crippen molar-refractivity contribution in [1.29, 1.82) is 0 Å². The van der Waals surface area contributed by atoms with Gasteiger partial charge in [-0.25, -0.2) is 13.1 Å². The van der Waals surface area contributed by atoms with Crippen LogP contribution in [0.5, 0.6) is 0 Å². The van der Waals surface area contributed by atoms with Crippen molar-refractivity contribution in [3.8, 4) is 0 Å². The molecule has 0 amide bonds. The van der Waals surface area contributed by atoms with Gasteiger partial charge in [-0.15, -0.1) is 0 Å². The Labute approximate surface area is 121 Å². The Balaban J connectivity index is 1.91. The van der Waals surface area contributed by atoms with E-state index in [9.17, 15) is 8.42 Å². The zero-order valence-electron chi connectivity index (χ0n) is 11.9. The number of rotatable bonds is 6. The minimum Gasteiger partial charge on any atom is -0.313 e. The molecule has 0 saturated carbocycles. The number of hydrogen-bond acceptors (Lipinski definition) is 4. The van der Waals surface area contributed by atoms with Crippen molar-refractivity contribution in [3.63, 3.8) is 0 Å². The number of piperidine rings is 1. The molecule has 0 bridgehead atoms. The molecule has 6 heteroatoms. The number of pyridine rings is 1. The van der Waals surface area contributed by atoms with E-state index in [1.54, 1.807) is 6.20 Å². The minimum atomic E-state index is -3.26. The molecule has 1 aromatic heterocycles. The second-order valence-corrected chi connectivity index (χ2v) is 7.06. The number of sulfonamides is 1. The van der Waals surface area contributed by atoms with Gasteiger partial charge in [0.25, 0.3) is 0 Å². The lowest BCUT2D eigenvalue weighted by molar-refractivity contribution is 0.422. The van der Waals surface area contributed by atoms with E-state index in [4.69, 9.17) is 0 Å². The SMILES string of the molecule is CCc1cccnc1CNS(=O)(=O)CC1CCCCN1. The molecule has 1 saturated heterocycles. The smallest absolute Gasteiger partial charge is 0.213 e. The van der Waals surface area contributed by atoms with E-state index < -0.39 is 10.0 Å². The van der Waals surface area contributed by atoms with Crippen LogP contribution in [0, 0.1) is 0 Å². The molecule has 112 valence electrons. The van der Waals surface area contributed by atoms with E-state index in [2.05, 4.69) is 15.0 Å². The zero-order valence-corrected chi connectivity index (χ0v) is 12.7. The fraction of sp³-hybridized carbons (Fsp3) is 0.643. The largest absolute Gasteiger partial charge is 0.313 e. The highest BCUT2D eigenvalue weighted by molar-refractivity contribution is 7.89. The Morgan fingerprint density at radius 2 is 2.30 bits per heavy atom. The van der Waals surface area contributed by atoms with Crippen molar-refractivity contribution in [2.45, 2.75) is 45.2 Å². The van der Waals surface area contributed by atoms with Crippen molar-refractivity contribution < 1.29 is 8.42 Å². The van der Waals surface area contributed by atoms with Crippen LogP contribution in [0.1, 0.15) is 37.4 Å². The summed E-state index contributed by atoms with van der Waals surface area (Å²) in [6.07, 6.45) is 5.73. The standard InChI is InChI=1S/C14H23N3O2S/c1-2-12-6-5-9-16-14(12)10-17-20(18,19)11-13-7-3-4-8-15-13/h5-6,9,13,15,17H,2-4,7-8,10-11H2,1H3. The molecule has 2 heterocycles. The molecule has 1 aromatic rings. The van der Waals surface area contributed by atoms with E-state index >= 15 is 0 Å². The summed E-state index contributed by atoms with van der Waals surface area (Å²) in [7, 11) is -3.26.